The van der Waals surface area contributed by atoms with Crippen molar-refractivity contribution in [3.63, 3.8) is 0 Å². The van der Waals surface area contributed by atoms with Crippen LogP contribution >= 0.6 is 0 Å². The predicted molar refractivity (Wildman–Crippen MR) is 68.0 cm³/mol. The highest BCUT2D eigenvalue weighted by Crippen LogP contribution is 2.15. The second-order valence-corrected chi connectivity index (χ2v) is 4.36. The van der Waals surface area contributed by atoms with E-state index >= 15 is 0 Å². The molecule has 1 N–H and O–H groups in total. The molecule has 17 heavy (non-hydrogen) atoms. The number of amides is 1. The lowest BCUT2D eigenvalue weighted by Gasteiger charge is -2.08. The highest BCUT2D eigenvalue weighted by Gasteiger charge is 2.09. The Morgan fingerprint density at radius 1 is 1.47 bits per heavy atom. The minimum absolute atomic E-state index is 0.0363. The van der Waals surface area contributed by atoms with Crippen molar-refractivity contribution in [2.24, 2.45) is 0 Å². The van der Waals surface area contributed by atoms with Crippen LogP contribution in [-0.2, 0) is 6.54 Å². The lowest BCUT2D eigenvalue weighted by molar-refractivity contribution is 0.0943. The molecule has 0 atom stereocenters. The summed E-state index contributed by atoms with van der Waals surface area (Å²) in [6.07, 6.45) is 1.82. The van der Waals surface area contributed by atoms with Gasteiger partial charge in [0.25, 0.3) is 5.91 Å². The Kier molecular flexibility index (Phi) is 3.13. The largest absolute Gasteiger partial charge is 0.350 e. The zero-order valence-electron chi connectivity index (χ0n) is 10.4. The Labute approximate surface area is 101 Å². The number of rotatable bonds is 3. The Bertz CT molecular complexity index is 543. The topological polar surface area (TPSA) is 46.9 Å². The summed E-state index contributed by atoms with van der Waals surface area (Å²) in [6, 6.07) is 5.81. The standard InChI is InChI=1S/C13H17N3O/c1-4-16-12-7-10(13(17)15-9(2)3)5-6-11(12)8-14-16/h5-9H,4H2,1-3H3,(H,15,17). The molecule has 0 fully saturated rings. The molecule has 4 heteroatoms. The number of hydrogen-bond donors (Lipinski definition) is 1. The number of aryl methyl sites for hydroxylation is 1. The molecule has 0 radical (unpaired) electrons. The first kappa shape index (κ1) is 11.6. The van der Waals surface area contributed by atoms with Gasteiger partial charge < -0.3 is 5.32 Å². The van der Waals surface area contributed by atoms with Gasteiger partial charge in [0.2, 0.25) is 0 Å². The van der Waals surface area contributed by atoms with E-state index in [2.05, 4.69) is 10.4 Å². The molecule has 2 aromatic rings. The van der Waals surface area contributed by atoms with Gasteiger partial charge in [-0.05, 0) is 32.9 Å². The first-order valence-corrected chi connectivity index (χ1v) is 5.88. The average molecular weight is 231 g/mol. The van der Waals surface area contributed by atoms with E-state index in [1.165, 1.54) is 0 Å². The Hall–Kier alpha value is -1.84. The summed E-state index contributed by atoms with van der Waals surface area (Å²) in [5, 5.41) is 8.21. The SMILES string of the molecule is CCn1ncc2ccc(C(=O)NC(C)C)cc21. The van der Waals surface area contributed by atoms with Gasteiger partial charge in [0, 0.05) is 23.5 Å². The minimum atomic E-state index is -0.0363. The Morgan fingerprint density at radius 3 is 2.88 bits per heavy atom. The number of fused-ring (bicyclic) bond motifs is 1. The van der Waals surface area contributed by atoms with Gasteiger partial charge in [0.05, 0.1) is 11.7 Å². The summed E-state index contributed by atoms with van der Waals surface area (Å²) in [5.41, 5.74) is 1.69. The van der Waals surface area contributed by atoms with Crippen molar-refractivity contribution in [3.8, 4) is 0 Å². The van der Waals surface area contributed by atoms with Crippen LogP contribution in [0.3, 0.4) is 0 Å². The maximum atomic E-state index is 11.9. The fraction of sp³-hybridized carbons (Fsp3) is 0.385. The van der Waals surface area contributed by atoms with E-state index in [9.17, 15) is 4.79 Å². The van der Waals surface area contributed by atoms with Crippen LogP contribution in [0.2, 0.25) is 0 Å². The highest BCUT2D eigenvalue weighted by atomic mass is 16.1. The van der Waals surface area contributed by atoms with Gasteiger partial charge in [-0.2, -0.15) is 5.10 Å². The molecule has 0 unspecified atom stereocenters. The molecule has 1 amide bonds. The predicted octanol–water partition coefficient (Wildman–Crippen LogP) is 2.19. The summed E-state index contributed by atoms with van der Waals surface area (Å²) in [4.78, 5) is 11.9. The Balaban J connectivity index is 2.39. The van der Waals surface area contributed by atoms with Crippen LogP contribution in [0.4, 0.5) is 0 Å². The molecule has 2 rings (SSSR count). The monoisotopic (exact) mass is 231 g/mol. The fourth-order valence-corrected chi connectivity index (χ4v) is 1.81. The van der Waals surface area contributed by atoms with Crippen molar-refractivity contribution < 1.29 is 4.79 Å². The average Bonchev–Trinajstić information content (AvgIpc) is 2.69. The van der Waals surface area contributed by atoms with E-state index in [1.54, 1.807) is 0 Å². The third-order valence-electron chi connectivity index (χ3n) is 2.63. The van der Waals surface area contributed by atoms with E-state index in [0.717, 1.165) is 17.4 Å². The summed E-state index contributed by atoms with van der Waals surface area (Å²) >= 11 is 0. The maximum absolute atomic E-state index is 11.9. The van der Waals surface area contributed by atoms with Gasteiger partial charge >= 0.3 is 0 Å². The first-order valence-electron chi connectivity index (χ1n) is 5.88. The number of aromatic nitrogens is 2. The summed E-state index contributed by atoms with van der Waals surface area (Å²) in [6.45, 7) is 6.74. The molecule has 0 aliphatic heterocycles. The van der Waals surface area contributed by atoms with Gasteiger partial charge in [-0.15, -0.1) is 0 Å². The number of nitrogens with one attached hydrogen (secondary N) is 1. The number of nitrogens with zero attached hydrogens (tertiary/aromatic N) is 2. The van der Waals surface area contributed by atoms with Crippen molar-refractivity contribution in [1.29, 1.82) is 0 Å². The summed E-state index contributed by atoms with van der Waals surface area (Å²) in [5.74, 6) is -0.0363. The van der Waals surface area contributed by atoms with E-state index in [1.807, 2.05) is 49.8 Å². The van der Waals surface area contributed by atoms with Gasteiger partial charge in [-0.25, -0.2) is 0 Å². The smallest absolute Gasteiger partial charge is 0.251 e. The van der Waals surface area contributed by atoms with Crippen LogP contribution in [0.25, 0.3) is 10.9 Å². The third-order valence-corrected chi connectivity index (χ3v) is 2.63. The van der Waals surface area contributed by atoms with Crippen molar-refractivity contribution in [3.05, 3.63) is 30.0 Å². The van der Waals surface area contributed by atoms with Gasteiger partial charge in [0.1, 0.15) is 0 Å². The second kappa shape index (κ2) is 4.57. The van der Waals surface area contributed by atoms with Crippen LogP contribution in [0.1, 0.15) is 31.1 Å². The minimum Gasteiger partial charge on any atom is -0.350 e. The van der Waals surface area contributed by atoms with Crippen LogP contribution < -0.4 is 5.32 Å². The second-order valence-electron chi connectivity index (χ2n) is 4.36. The molecule has 0 bridgehead atoms. The quantitative estimate of drug-likeness (QED) is 0.880. The number of carbonyl (C=O) groups is 1. The molecule has 1 heterocycles. The van der Waals surface area contributed by atoms with Gasteiger partial charge in [-0.1, -0.05) is 6.07 Å². The third kappa shape index (κ3) is 2.30. The molecule has 0 aliphatic carbocycles. The first-order chi connectivity index (χ1) is 8.11. The van der Waals surface area contributed by atoms with Crippen LogP contribution in [0.15, 0.2) is 24.4 Å². The highest BCUT2D eigenvalue weighted by molar-refractivity contribution is 5.97. The number of benzene rings is 1. The fourth-order valence-electron chi connectivity index (χ4n) is 1.81. The van der Waals surface area contributed by atoms with Crippen molar-refractivity contribution in [1.82, 2.24) is 15.1 Å². The van der Waals surface area contributed by atoms with E-state index in [4.69, 9.17) is 0 Å². The lowest BCUT2D eigenvalue weighted by Crippen LogP contribution is -2.30. The van der Waals surface area contributed by atoms with Crippen molar-refractivity contribution in [2.45, 2.75) is 33.4 Å². The van der Waals surface area contributed by atoms with Gasteiger partial charge in [-0.3, -0.25) is 9.48 Å². The van der Waals surface area contributed by atoms with E-state index in [0.29, 0.717) is 5.56 Å². The van der Waals surface area contributed by atoms with Crippen LogP contribution in [0, 0.1) is 0 Å². The van der Waals surface area contributed by atoms with Gasteiger partial charge in [0.15, 0.2) is 0 Å². The molecule has 4 nitrogen and oxygen atoms in total. The Morgan fingerprint density at radius 2 is 2.24 bits per heavy atom. The van der Waals surface area contributed by atoms with E-state index in [-0.39, 0.29) is 11.9 Å². The maximum Gasteiger partial charge on any atom is 0.251 e. The molecular formula is C13H17N3O. The summed E-state index contributed by atoms with van der Waals surface area (Å²) < 4.78 is 1.89. The summed E-state index contributed by atoms with van der Waals surface area (Å²) in [7, 11) is 0. The molecule has 0 spiro atoms. The lowest BCUT2D eigenvalue weighted by atomic mass is 10.1. The van der Waals surface area contributed by atoms with Crippen molar-refractivity contribution in [2.75, 3.05) is 0 Å². The van der Waals surface area contributed by atoms with Crippen molar-refractivity contribution >= 4 is 16.8 Å². The zero-order chi connectivity index (χ0) is 12.4. The molecule has 90 valence electrons. The van der Waals surface area contributed by atoms with Crippen LogP contribution in [-0.4, -0.2) is 21.7 Å². The number of carbonyl (C=O) groups excluding carboxylic acids is 1. The number of hydrogen-bond acceptors (Lipinski definition) is 2. The normalized spacial score (nSPS) is 11.1. The van der Waals surface area contributed by atoms with E-state index < -0.39 is 0 Å². The molecule has 0 aliphatic rings. The molecule has 1 aromatic heterocycles. The zero-order valence-corrected chi connectivity index (χ0v) is 10.4. The molecule has 0 saturated heterocycles. The molecule has 1 aromatic carbocycles. The molecular weight excluding hydrogens is 214 g/mol. The molecule has 0 saturated carbocycles. The van der Waals surface area contributed by atoms with Crippen LogP contribution in [0.5, 0.6) is 0 Å².